The molecular weight excluding hydrogens is 506 g/mol. The summed E-state index contributed by atoms with van der Waals surface area (Å²) in [6.07, 6.45) is 4.64. The molecule has 0 aliphatic carbocycles. The van der Waals surface area contributed by atoms with Crippen molar-refractivity contribution in [2.24, 2.45) is 0 Å². The quantitative estimate of drug-likeness (QED) is 0.319. The lowest BCUT2D eigenvalue weighted by Crippen LogP contribution is -2.47. The number of hydrazine groups is 1. The van der Waals surface area contributed by atoms with Gasteiger partial charge in [-0.3, -0.25) is 9.78 Å². The zero-order chi connectivity index (χ0) is 28.3. The third kappa shape index (κ3) is 6.41. The van der Waals surface area contributed by atoms with Crippen LogP contribution in [-0.4, -0.2) is 78.8 Å². The van der Waals surface area contributed by atoms with Crippen LogP contribution in [0.4, 0.5) is 23.1 Å². The van der Waals surface area contributed by atoms with Gasteiger partial charge in [0, 0.05) is 66.5 Å². The van der Waals surface area contributed by atoms with Crippen molar-refractivity contribution < 1.29 is 4.79 Å². The predicted molar refractivity (Wildman–Crippen MR) is 155 cm³/mol. The first kappa shape index (κ1) is 27.2. The number of aryl methyl sites for hydroxylation is 1. The summed E-state index contributed by atoms with van der Waals surface area (Å²) in [5.41, 5.74) is 7.03. The second kappa shape index (κ2) is 11.4. The van der Waals surface area contributed by atoms with Gasteiger partial charge in [0.1, 0.15) is 18.5 Å². The summed E-state index contributed by atoms with van der Waals surface area (Å²) in [4.78, 5) is 32.9. The molecule has 5 rings (SSSR count). The number of carbonyl (C=O) groups is 1. The topological polar surface area (TPSA) is 129 Å². The van der Waals surface area contributed by atoms with Gasteiger partial charge in [-0.2, -0.15) is 14.8 Å². The molecule has 12 nitrogen and oxygen atoms in total. The Hall–Kier alpha value is -4.42. The van der Waals surface area contributed by atoms with Crippen molar-refractivity contribution in [3.63, 3.8) is 0 Å². The van der Waals surface area contributed by atoms with Gasteiger partial charge in [-0.25, -0.2) is 15.0 Å². The number of rotatable bonds is 7. The van der Waals surface area contributed by atoms with Crippen molar-refractivity contribution in [2.45, 2.75) is 33.1 Å². The fourth-order valence-electron chi connectivity index (χ4n) is 4.24. The maximum Gasteiger partial charge on any atom is 0.255 e. The van der Waals surface area contributed by atoms with Gasteiger partial charge in [-0.1, -0.05) is 26.8 Å². The van der Waals surface area contributed by atoms with E-state index in [1.165, 1.54) is 12.7 Å². The highest BCUT2D eigenvalue weighted by atomic mass is 16.1. The van der Waals surface area contributed by atoms with Gasteiger partial charge in [0.05, 0.1) is 0 Å². The van der Waals surface area contributed by atoms with Crippen LogP contribution in [0.3, 0.4) is 0 Å². The fraction of sp³-hybridized carbons (Fsp3) is 0.357. The minimum atomic E-state index is -0.202. The summed E-state index contributed by atoms with van der Waals surface area (Å²) >= 11 is 0. The van der Waals surface area contributed by atoms with Crippen LogP contribution in [0, 0.1) is 6.92 Å². The molecule has 1 fully saturated rings. The van der Waals surface area contributed by atoms with Crippen molar-refractivity contribution in [1.29, 1.82) is 0 Å². The van der Waals surface area contributed by atoms with Gasteiger partial charge >= 0.3 is 0 Å². The Morgan fingerprint density at radius 1 is 0.925 bits per heavy atom. The third-order valence-corrected chi connectivity index (χ3v) is 6.73. The molecule has 40 heavy (non-hydrogen) atoms. The summed E-state index contributed by atoms with van der Waals surface area (Å²) in [5, 5.41) is 12.9. The van der Waals surface area contributed by atoms with Gasteiger partial charge < -0.3 is 21.0 Å². The Morgan fingerprint density at radius 2 is 1.73 bits per heavy atom. The fourth-order valence-corrected chi connectivity index (χ4v) is 4.24. The molecule has 1 aliphatic rings. The van der Waals surface area contributed by atoms with Crippen LogP contribution in [-0.2, 0) is 5.41 Å². The van der Waals surface area contributed by atoms with E-state index in [4.69, 9.17) is 0 Å². The molecule has 4 aromatic rings. The van der Waals surface area contributed by atoms with Crippen LogP contribution in [0.1, 0.15) is 42.4 Å². The predicted octanol–water partition coefficient (Wildman–Crippen LogP) is 3.63. The lowest BCUT2D eigenvalue weighted by molar-refractivity contribution is 0.102. The number of benzene rings is 1. The second-order valence-corrected chi connectivity index (χ2v) is 10.9. The number of hydrogen-bond donors (Lipinski definition) is 3. The molecular formula is C28H35N11O. The molecule has 3 aromatic heterocycles. The van der Waals surface area contributed by atoms with Crippen LogP contribution >= 0.6 is 0 Å². The molecule has 3 N–H and O–H groups in total. The molecule has 1 aromatic carbocycles. The number of piperazine rings is 1. The smallest absolute Gasteiger partial charge is 0.255 e. The summed E-state index contributed by atoms with van der Waals surface area (Å²) in [6.45, 7) is 12.0. The number of aromatic nitrogens is 6. The Balaban J connectivity index is 1.31. The van der Waals surface area contributed by atoms with E-state index in [1.807, 2.05) is 37.3 Å². The molecule has 12 heteroatoms. The zero-order valence-corrected chi connectivity index (χ0v) is 23.5. The average Bonchev–Trinajstić information content (AvgIpc) is 3.40. The standard InChI is InChI=1S/C28H35N11O/c1-19-6-7-21(34-26(40)20-8-9-29-23(14-20)28(2,3)4)15-22(19)35-27-32-18-33-39(27)25-16-24(30-17-31-25)36-38-12-10-37(5)11-13-38/h6-9,14-18H,10-13H2,1-5H3,(H,34,40)(H,30,31,36)(H,32,33,35). The van der Waals surface area contributed by atoms with Crippen LogP contribution in [0.15, 0.2) is 55.2 Å². The van der Waals surface area contributed by atoms with E-state index in [9.17, 15) is 4.79 Å². The van der Waals surface area contributed by atoms with Gasteiger partial charge in [0.15, 0.2) is 5.82 Å². The number of nitrogens with one attached hydrogen (secondary N) is 3. The van der Waals surface area contributed by atoms with Crippen LogP contribution in [0.5, 0.6) is 0 Å². The van der Waals surface area contributed by atoms with Crippen molar-refractivity contribution in [3.05, 3.63) is 72.1 Å². The van der Waals surface area contributed by atoms with E-state index >= 15 is 0 Å². The molecule has 208 valence electrons. The number of hydrogen-bond acceptors (Lipinski definition) is 10. The Morgan fingerprint density at radius 3 is 2.50 bits per heavy atom. The molecule has 0 atom stereocenters. The molecule has 0 saturated carbocycles. The molecule has 1 saturated heterocycles. The van der Waals surface area contributed by atoms with E-state index in [2.05, 4.69) is 78.8 Å². The first-order valence-corrected chi connectivity index (χ1v) is 13.2. The highest BCUT2D eigenvalue weighted by Crippen LogP contribution is 2.26. The normalized spacial score (nSPS) is 14.6. The maximum absolute atomic E-state index is 13.0. The van der Waals surface area contributed by atoms with E-state index < -0.39 is 0 Å². The number of carbonyl (C=O) groups excluding carboxylic acids is 1. The lowest BCUT2D eigenvalue weighted by atomic mass is 9.91. The van der Waals surface area contributed by atoms with Gasteiger partial charge in [-0.05, 0) is 43.8 Å². The van der Waals surface area contributed by atoms with Crippen LogP contribution in [0.25, 0.3) is 5.82 Å². The largest absolute Gasteiger partial charge is 0.324 e. The molecule has 1 aliphatic heterocycles. The number of nitrogens with zero attached hydrogens (tertiary/aromatic N) is 8. The highest BCUT2D eigenvalue weighted by Gasteiger charge is 2.18. The van der Waals surface area contributed by atoms with Crippen molar-refractivity contribution in [3.8, 4) is 5.82 Å². The van der Waals surface area contributed by atoms with Crippen LogP contribution in [0.2, 0.25) is 0 Å². The Bertz CT molecular complexity index is 1490. The van der Waals surface area contributed by atoms with Gasteiger partial charge in [-0.15, -0.1) is 0 Å². The minimum absolute atomic E-state index is 0.155. The zero-order valence-electron chi connectivity index (χ0n) is 23.5. The molecule has 0 spiro atoms. The van der Waals surface area contributed by atoms with Crippen molar-refractivity contribution >= 4 is 29.0 Å². The second-order valence-electron chi connectivity index (χ2n) is 10.9. The molecule has 0 radical (unpaired) electrons. The van der Waals surface area contributed by atoms with E-state index in [1.54, 1.807) is 16.9 Å². The van der Waals surface area contributed by atoms with Crippen molar-refractivity contribution in [2.75, 3.05) is 49.3 Å². The van der Waals surface area contributed by atoms with Gasteiger partial charge in [0.25, 0.3) is 5.91 Å². The molecule has 0 bridgehead atoms. The number of pyridine rings is 1. The average molecular weight is 542 g/mol. The number of anilines is 4. The first-order chi connectivity index (χ1) is 19.2. The van der Waals surface area contributed by atoms with Gasteiger partial charge in [0.2, 0.25) is 5.95 Å². The highest BCUT2D eigenvalue weighted by molar-refractivity contribution is 6.04. The maximum atomic E-state index is 13.0. The molecule has 1 amide bonds. The summed E-state index contributed by atoms with van der Waals surface area (Å²) in [7, 11) is 2.12. The Labute approximate surface area is 233 Å². The van der Waals surface area contributed by atoms with E-state index in [0.29, 0.717) is 28.8 Å². The van der Waals surface area contributed by atoms with E-state index in [-0.39, 0.29) is 11.3 Å². The molecule has 0 unspecified atom stereocenters. The monoisotopic (exact) mass is 541 g/mol. The number of amides is 1. The Kier molecular flexibility index (Phi) is 7.71. The lowest BCUT2D eigenvalue weighted by Gasteiger charge is -2.32. The number of likely N-dealkylation sites (N-methyl/N-ethyl adjacent to an activating group) is 1. The molecule has 4 heterocycles. The van der Waals surface area contributed by atoms with E-state index in [0.717, 1.165) is 43.1 Å². The third-order valence-electron chi connectivity index (χ3n) is 6.73. The first-order valence-electron chi connectivity index (χ1n) is 13.2. The minimum Gasteiger partial charge on any atom is -0.324 e. The van der Waals surface area contributed by atoms with Crippen LogP contribution < -0.4 is 16.1 Å². The summed E-state index contributed by atoms with van der Waals surface area (Å²) in [6, 6.07) is 11.1. The summed E-state index contributed by atoms with van der Waals surface area (Å²) < 4.78 is 1.62. The summed E-state index contributed by atoms with van der Waals surface area (Å²) in [5.74, 6) is 1.54. The SMILES string of the molecule is Cc1ccc(NC(=O)c2ccnc(C(C)(C)C)c2)cc1Nc1ncnn1-c1cc(NN2CCN(C)CC2)ncn1. The van der Waals surface area contributed by atoms with Crippen molar-refractivity contribution in [1.82, 2.24) is 39.6 Å².